The van der Waals surface area contributed by atoms with Crippen molar-refractivity contribution in [2.75, 3.05) is 20.2 Å². The predicted octanol–water partition coefficient (Wildman–Crippen LogP) is 4.10. The highest BCUT2D eigenvalue weighted by molar-refractivity contribution is 5.84. The van der Waals surface area contributed by atoms with Crippen molar-refractivity contribution in [3.05, 3.63) is 58.6 Å². The molecule has 0 bridgehead atoms. The van der Waals surface area contributed by atoms with Crippen LogP contribution in [0.25, 0.3) is 16.6 Å². The molecule has 2 fully saturated rings. The molecule has 2 aromatic carbocycles. The van der Waals surface area contributed by atoms with Gasteiger partial charge in [-0.05, 0) is 69.0 Å². The van der Waals surface area contributed by atoms with E-state index in [1.807, 2.05) is 43.3 Å². The van der Waals surface area contributed by atoms with Crippen molar-refractivity contribution >= 4 is 10.9 Å². The second-order valence-corrected chi connectivity index (χ2v) is 8.59. The Kier molecular flexibility index (Phi) is 5.40. The van der Waals surface area contributed by atoms with Crippen LogP contribution in [-0.2, 0) is 0 Å². The SMILES string of the molecule is COc1cccc2nc(C)n(-c3ccc(OC4CCN(C5CCC5)CC4)cc3)c(=O)c12. The highest BCUT2D eigenvalue weighted by Crippen LogP contribution is 2.29. The van der Waals surface area contributed by atoms with Crippen molar-refractivity contribution in [1.29, 1.82) is 0 Å². The monoisotopic (exact) mass is 419 g/mol. The highest BCUT2D eigenvalue weighted by Gasteiger charge is 2.29. The summed E-state index contributed by atoms with van der Waals surface area (Å²) in [7, 11) is 1.57. The summed E-state index contributed by atoms with van der Waals surface area (Å²) in [6.45, 7) is 4.11. The van der Waals surface area contributed by atoms with E-state index in [9.17, 15) is 4.79 Å². The molecule has 0 radical (unpaired) electrons. The number of fused-ring (bicyclic) bond motifs is 1. The normalized spacial score (nSPS) is 18.1. The van der Waals surface area contributed by atoms with Crippen LogP contribution in [0.4, 0.5) is 0 Å². The lowest BCUT2D eigenvalue weighted by molar-refractivity contribution is 0.0493. The van der Waals surface area contributed by atoms with E-state index in [4.69, 9.17) is 9.47 Å². The third-order valence-electron chi connectivity index (χ3n) is 6.71. The summed E-state index contributed by atoms with van der Waals surface area (Å²) in [6.07, 6.45) is 6.52. The molecule has 0 spiro atoms. The van der Waals surface area contributed by atoms with Crippen LogP contribution in [0.5, 0.6) is 11.5 Å². The van der Waals surface area contributed by atoms with Gasteiger partial charge in [0.2, 0.25) is 0 Å². The van der Waals surface area contributed by atoms with E-state index in [1.165, 1.54) is 19.3 Å². The van der Waals surface area contributed by atoms with Crippen LogP contribution in [0.15, 0.2) is 47.3 Å². The first-order valence-electron chi connectivity index (χ1n) is 11.2. The number of rotatable bonds is 5. The highest BCUT2D eigenvalue weighted by atomic mass is 16.5. The second-order valence-electron chi connectivity index (χ2n) is 8.59. The van der Waals surface area contributed by atoms with E-state index in [1.54, 1.807) is 17.7 Å². The number of aryl methyl sites for hydroxylation is 1. The molecule has 1 aliphatic carbocycles. The lowest BCUT2D eigenvalue weighted by Gasteiger charge is -2.41. The Morgan fingerprint density at radius 3 is 2.39 bits per heavy atom. The minimum Gasteiger partial charge on any atom is -0.496 e. The fourth-order valence-electron chi connectivity index (χ4n) is 4.76. The molecule has 6 nitrogen and oxygen atoms in total. The molecule has 2 aliphatic rings. The molecule has 1 aliphatic heterocycles. The molecule has 1 saturated carbocycles. The van der Waals surface area contributed by atoms with Gasteiger partial charge in [0.25, 0.3) is 5.56 Å². The smallest absolute Gasteiger partial charge is 0.269 e. The van der Waals surface area contributed by atoms with Crippen LogP contribution in [0, 0.1) is 6.92 Å². The maximum atomic E-state index is 13.3. The summed E-state index contributed by atoms with van der Waals surface area (Å²) < 4.78 is 13.3. The number of benzene rings is 2. The average molecular weight is 420 g/mol. The number of piperidine rings is 1. The fraction of sp³-hybridized carbons (Fsp3) is 0.440. The number of hydrogen-bond acceptors (Lipinski definition) is 5. The Morgan fingerprint density at radius 2 is 1.74 bits per heavy atom. The largest absolute Gasteiger partial charge is 0.496 e. The van der Waals surface area contributed by atoms with Gasteiger partial charge in [0.15, 0.2) is 0 Å². The molecular formula is C25H29N3O3. The zero-order chi connectivity index (χ0) is 21.4. The van der Waals surface area contributed by atoms with Gasteiger partial charge in [-0.15, -0.1) is 0 Å². The van der Waals surface area contributed by atoms with Crippen LogP contribution in [0.2, 0.25) is 0 Å². The third-order valence-corrected chi connectivity index (χ3v) is 6.71. The van der Waals surface area contributed by atoms with Crippen LogP contribution in [0.1, 0.15) is 37.9 Å². The Hall–Kier alpha value is -2.86. The summed E-state index contributed by atoms with van der Waals surface area (Å²) in [5.74, 6) is 2.03. The zero-order valence-corrected chi connectivity index (χ0v) is 18.2. The average Bonchev–Trinajstić information content (AvgIpc) is 2.74. The van der Waals surface area contributed by atoms with Crippen LogP contribution in [0.3, 0.4) is 0 Å². The van der Waals surface area contributed by atoms with E-state index < -0.39 is 0 Å². The maximum Gasteiger partial charge on any atom is 0.269 e. The first-order chi connectivity index (χ1) is 15.1. The van der Waals surface area contributed by atoms with Gasteiger partial charge in [-0.1, -0.05) is 12.5 Å². The lowest BCUT2D eigenvalue weighted by Crippen LogP contribution is -2.46. The molecule has 1 aromatic heterocycles. The number of aromatic nitrogens is 2. The minimum absolute atomic E-state index is 0.128. The maximum absolute atomic E-state index is 13.3. The molecule has 3 aromatic rings. The molecule has 0 atom stereocenters. The van der Waals surface area contributed by atoms with Crippen LogP contribution in [-0.4, -0.2) is 46.8 Å². The molecule has 0 unspecified atom stereocenters. The molecule has 6 heteroatoms. The Bertz CT molecular complexity index is 1130. The zero-order valence-electron chi connectivity index (χ0n) is 18.2. The quantitative estimate of drug-likeness (QED) is 0.623. The number of likely N-dealkylation sites (tertiary alicyclic amines) is 1. The molecule has 162 valence electrons. The van der Waals surface area contributed by atoms with Gasteiger partial charge in [-0.25, -0.2) is 4.98 Å². The summed E-state index contributed by atoms with van der Waals surface area (Å²) in [6, 6.07) is 14.0. The lowest BCUT2D eigenvalue weighted by atomic mass is 9.90. The van der Waals surface area contributed by atoms with Gasteiger partial charge in [0.1, 0.15) is 28.8 Å². The summed E-state index contributed by atoms with van der Waals surface area (Å²) in [5.41, 5.74) is 1.29. The van der Waals surface area contributed by atoms with E-state index in [0.29, 0.717) is 22.5 Å². The van der Waals surface area contributed by atoms with Crippen molar-refractivity contribution < 1.29 is 9.47 Å². The number of nitrogens with zero attached hydrogens (tertiary/aromatic N) is 3. The molecule has 2 heterocycles. The van der Waals surface area contributed by atoms with Gasteiger partial charge >= 0.3 is 0 Å². The van der Waals surface area contributed by atoms with Crippen molar-refractivity contribution in [3.63, 3.8) is 0 Å². The van der Waals surface area contributed by atoms with Crippen molar-refractivity contribution in [2.45, 2.75) is 51.2 Å². The van der Waals surface area contributed by atoms with Crippen molar-refractivity contribution in [2.24, 2.45) is 0 Å². The molecule has 5 rings (SSSR count). The van der Waals surface area contributed by atoms with Crippen LogP contribution < -0.4 is 15.0 Å². The Balaban J connectivity index is 1.34. The van der Waals surface area contributed by atoms with Gasteiger partial charge in [0, 0.05) is 19.1 Å². The first kappa shape index (κ1) is 20.1. The summed E-state index contributed by atoms with van der Waals surface area (Å²) >= 11 is 0. The number of hydrogen-bond donors (Lipinski definition) is 0. The molecule has 31 heavy (non-hydrogen) atoms. The third kappa shape index (κ3) is 3.81. The Labute approximate surface area is 182 Å². The van der Waals surface area contributed by atoms with Gasteiger partial charge in [-0.3, -0.25) is 9.36 Å². The first-order valence-corrected chi connectivity index (χ1v) is 11.2. The Morgan fingerprint density at radius 1 is 1.00 bits per heavy atom. The predicted molar refractivity (Wildman–Crippen MR) is 121 cm³/mol. The minimum atomic E-state index is -0.128. The number of methoxy groups -OCH3 is 1. The topological polar surface area (TPSA) is 56.6 Å². The second kappa shape index (κ2) is 8.35. The van der Waals surface area contributed by atoms with Crippen molar-refractivity contribution in [1.82, 2.24) is 14.5 Å². The molecule has 0 amide bonds. The summed E-state index contributed by atoms with van der Waals surface area (Å²) in [4.78, 5) is 20.5. The molecule has 0 N–H and O–H groups in total. The number of ether oxygens (including phenoxy) is 2. The van der Waals surface area contributed by atoms with Crippen molar-refractivity contribution in [3.8, 4) is 17.2 Å². The van der Waals surface area contributed by atoms with Gasteiger partial charge in [0.05, 0.1) is 18.3 Å². The van der Waals surface area contributed by atoms with E-state index >= 15 is 0 Å². The van der Waals surface area contributed by atoms with Gasteiger partial charge in [-0.2, -0.15) is 0 Å². The van der Waals surface area contributed by atoms with Gasteiger partial charge < -0.3 is 14.4 Å². The van der Waals surface area contributed by atoms with Crippen LogP contribution >= 0.6 is 0 Å². The van der Waals surface area contributed by atoms with E-state index in [0.717, 1.165) is 43.4 Å². The fourth-order valence-corrected chi connectivity index (χ4v) is 4.76. The van der Waals surface area contributed by atoms with E-state index in [-0.39, 0.29) is 11.7 Å². The van der Waals surface area contributed by atoms with E-state index in [2.05, 4.69) is 9.88 Å². The standard InChI is InChI=1S/C25H29N3O3/c1-17-26-22-7-4-8-23(30-2)24(22)25(29)28(17)19-9-11-20(12-10-19)31-21-13-15-27(16-14-21)18-5-3-6-18/h4,7-12,18,21H,3,5-6,13-16H2,1-2H3. The molecule has 1 saturated heterocycles. The summed E-state index contributed by atoms with van der Waals surface area (Å²) in [5, 5.41) is 0.495. The molecular weight excluding hydrogens is 390 g/mol.